The molecular weight excluding hydrogens is 609 g/mol. The molecule has 0 fully saturated rings. The van der Waals surface area contributed by atoms with Gasteiger partial charge in [-0.05, 0) is 73.9 Å². The van der Waals surface area contributed by atoms with Crippen molar-refractivity contribution < 1.29 is 50.4 Å². The quantitative estimate of drug-likeness (QED) is 0.238. The molecule has 0 saturated carbocycles. The third-order valence-corrected chi connectivity index (χ3v) is 8.81. The Bertz CT molecular complexity index is 1290. The fraction of sp³-hybridized carbons (Fsp3) is 0.750. The van der Waals surface area contributed by atoms with Crippen LogP contribution in [0.25, 0.3) is 0 Å². The van der Waals surface area contributed by atoms with Crippen LogP contribution < -0.4 is 0 Å². The van der Waals surface area contributed by atoms with Crippen molar-refractivity contribution in [1.82, 2.24) is 0 Å². The van der Waals surface area contributed by atoms with E-state index in [0.29, 0.717) is 0 Å². The third kappa shape index (κ3) is 12.8. The molecule has 0 radical (unpaired) electrons. The van der Waals surface area contributed by atoms with Crippen molar-refractivity contribution in [2.75, 3.05) is 51.5 Å². The minimum Gasteiger partial charge on any atom is -0.270 e. The van der Waals surface area contributed by atoms with Gasteiger partial charge >= 0.3 is 0 Å². The SMILES string of the molecule is Cc1c(C)c(CC(C)(COS(C)(=O)=O)COS(C)(=O)=O)c(C)c(C)c1CC(C)(COS(C)(=O)=O)COS(C)(=O)=O. The van der Waals surface area contributed by atoms with Crippen LogP contribution in [0, 0.1) is 38.5 Å². The molecule has 0 bridgehead atoms. The third-order valence-electron chi connectivity index (χ3n) is 6.63. The Morgan fingerprint density at radius 3 is 0.775 bits per heavy atom. The Kier molecular flexibility index (Phi) is 12.0. The average molecular weight is 651 g/mol. The lowest BCUT2D eigenvalue weighted by Crippen LogP contribution is -2.35. The fourth-order valence-electron chi connectivity index (χ4n) is 4.14. The maximum Gasteiger partial charge on any atom is 0.264 e. The van der Waals surface area contributed by atoms with Gasteiger partial charge < -0.3 is 0 Å². The maximum absolute atomic E-state index is 11.7. The molecule has 0 heterocycles. The molecule has 0 aliphatic heterocycles. The largest absolute Gasteiger partial charge is 0.270 e. The topological polar surface area (TPSA) is 173 Å². The van der Waals surface area contributed by atoms with E-state index >= 15 is 0 Å². The van der Waals surface area contributed by atoms with Crippen molar-refractivity contribution in [2.24, 2.45) is 10.8 Å². The molecule has 1 aromatic carbocycles. The average Bonchev–Trinajstić information content (AvgIpc) is 2.77. The van der Waals surface area contributed by atoms with E-state index in [9.17, 15) is 33.7 Å². The van der Waals surface area contributed by atoms with Crippen LogP contribution in [0.5, 0.6) is 0 Å². The summed E-state index contributed by atoms with van der Waals surface area (Å²) in [7, 11) is -15.3. The molecule has 0 atom stereocenters. The highest BCUT2D eigenvalue weighted by atomic mass is 32.2. The van der Waals surface area contributed by atoms with E-state index < -0.39 is 51.3 Å². The van der Waals surface area contributed by atoms with Gasteiger partial charge in [-0.3, -0.25) is 16.7 Å². The smallest absolute Gasteiger partial charge is 0.264 e. The Morgan fingerprint density at radius 1 is 0.450 bits per heavy atom. The van der Waals surface area contributed by atoms with Crippen LogP contribution in [0.2, 0.25) is 0 Å². The van der Waals surface area contributed by atoms with Gasteiger partial charge in [-0.25, -0.2) is 0 Å². The van der Waals surface area contributed by atoms with Crippen LogP contribution in [0.15, 0.2) is 0 Å². The highest BCUT2D eigenvalue weighted by molar-refractivity contribution is 7.86. The first kappa shape index (κ1) is 36.9. The summed E-state index contributed by atoms with van der Waals surface area (Å²) in [6, 6.07) is 0. The molecule has 16 heteroatoms. The van der Waals surface area contributed by atoms with Crippen LogP contribution in [-0.4, -0.2) is 85.1 Å². The molecular formula is C24H42O12S4. The number of benzene rings is 1. The van der Waals surface area contributed by atoms with Crippen LogP contribution in [0.1, 0.15) is 47.2 Å². The summed E-state index contributed by atoms with van der Waals surface area (Å²) in [5, 5.41) is 0. The second kappa shape index (κ2) is 13.0. The van der Waals surface area contributed by atoms with Gasteiger partial charge in [0.25, 0.3) is 40.5 Å². The van der Waals surface area contributed by atoms with Gasteiger partial charge in [-0.15, -0.1) is 0 Å². The first-order chi connectivity index (χ1) is 17.7. The van der Waals surface area contributed by atoms with E-state index in [1.54, 1.807) is 13.8 Å². The van der Waals surface area contributed by atoms with Crippen LogP contribution in [0.3, 0.4) is 0 Å². The lowest BCUT2D eigenvalue weighted by atomic mass is 9.76. The molecule has 0 spiro atoms. The van der Waals surface area contributed by atoms with E-state index in [2.05, 4.69) is 0 Å². The van der Waals surface area contributed by atoms with Crippen molar-refractivity contribution >= 4 is 40.5 Å². The molecule has 0 N–H and O–H groups in total. The Morgan fingerprint density at radius 2 is 0.625 bits per heavy atom. The molecule has 0 aliphatic carbocycles. The molecule has 12 nitrogen and oxygen atoms in total. The van der Waals surface area contributed by atoms with Gasteiger partial charge in [0.05, 0.1) is 51.5 Å². The summed E-state index contributed by atoms with van der Waals surface area (Å²) < 4.78 is 114. The van der Waals surface area contributed by atoms with Crippen LogP contribution >= 0.6 is 0 Å². The number of rotatable bonds is 16. The van der Waals surface area contributed by atoms with Gasteiger partial charge in [-0.2, -0.15) is 33.7 Å². The van der Waals surface area contributed by atoms with Gasteiger partial charge in [0.2, 0.25) is 0 Å². The first-order valence-corrected chi connectivity index (χ1v) is 19.4. The van der Waals surface area contributed by atoms with Crippen LogP contribution in [0.4, 0.5) is 0 Å². The zero-order valence-corrected chi connectivity index (χ0v) is 28.0. The second-order valence-corrected chi connectivity index (χ2v) is 17.9. The Balaban J connectivity index is 3.58. The highest BCUT2D eigenvalue weighted by Gasteiger charge is 2.34. The zero-order valence-electron chi connectivity index (χ0n) is 24.8. The normalized spacial score (nSPS) is 14.1. The molecule has 1 rings (SSSR count). The second-order valence-electron chi connectivity index (χ2n) is 11.3. The van der Waals surface area contributed by atoms with E-state index in [1.165, 1.54) is 0 Å². The minimum atomic E-state index is -3.81. The van der Waals surface area contributed by atoms with Gasteiger partial charge in [0.1, 0.15) is 0 Å². The van der Waals surface area contributed by atoms with Crippen molar-refractivity contribution in [3.63, 3.8) is 0 Å². The predicted molar refractivity (Wildman–Crippen MR) is 152 cm³/mol. The molecule has 0 saturated heterocycles. The summed E-state index contributed by atoms with van der Waals surface area (Å²) in [5.41, 5.74) is 2.99. The Hall–Kier alpha value is -1.14. The van der Waals surface area contributed by atoms with E-state index in [-0.39, 0.29) is 39.3 Å². The van der Waals surface area contributed by atoms with Crippen molar-refractivity contribution in [3.8, 4) is 0 Å². The van der Waals surface area contributed by atoms with E-state index in [1.807, 2.05) is 27.7 Å². The van der Waals surface area contributed by atoms with E-state index in [4.69, 9.17) is 16.7 Å². The molecule has 1 aromatic rings. The van der Waals surface area contributed by atoms with Gasteiger partial charge in [0.15, 0.2) is 0 Å². The molecule has 0 unspecified atom stereocenters. The molecule has 40 heavy (non-hydrogen) atoms. The summed E-state index contributed by atoms with van der Waals surface area (Å²) >= 11 is 0. The first-order valence-electron chi connectivity index (χ1n) is 12.1. The van der Waals surface area contributed by atoms with Crippen molar-refractivity contribution in [3.05, 3.63) is 33.4 Å². The number of hydrogen-bond donors (Lipinski definition) is 0. The number of hydrogen-bond acceptors (Lipinski definition) is 12. The fourth-order valence-corrected chi connectivity index (χ4v) is 6.13. The monoisotopic (exact) mass is 650 g/mol. The van der Waals surface area contributed by atoms with Gasteiger partial charge in [-0.1, -0.05) is 13.8 Å². The lowest BCUT2D eigenvalue weighted by Gasteiger charge is -2.33. The predicted octanol–water partition coefficient (Wildman–Crippen LogP) is 1.92. The van der Waals surface area contributed by atoms with Gasteiger partial charge in [0, 0.05) is 10.8 Å². The maximum atomic E-state index is 11.7. The lowest BCUT2D eigenvalue weighted by molar-refractivity contribution is 0.101. The standard InChI is InChI=1S/C24H42O12S4/c1-17-18(2)22(12-24(6,15-35-39(9,29)30)16-36-40(10,31)32)20(4)19(3)21(17)11-23(5,13-33-37(7,25)26)14-34-38(8,27)28/h11-16H2,1-10H3. The molecule has 0 amide bonds. The molecule has 0 aliphatic rings. The zero-order chi connectivity index (χ0) is 31.5. The molecule has 0 aromatic heterocycles. The Labute approximate surface area is 240 Å². The van der Waals surface area contributed by atoms with Crippen molar-refractivity contribution in [2.45, 2.75) is 54.4 Å². The summed E-state index contributed by atoms with van der Waals surface area (Å²) in [5.74, 6) is 0. The van der Waals surface area contributed by atoms with Crippen LogP contribution in [-0.2, 0) is 70.0 Å². The van der Waals surface area contributed by atoms with E-state index in [0.717, 1.165) is 58.4 Å². The summed E-state index contributed by atoms with van der Waals surface area (Å²) in [4.78, 5) is 0. The summed E-state index contributed by atoms with van der Waals surface area (Å²) in [6.07, 6.45) is 4.07. The summed E-state index contributed by atoms with van der Waals surface area (Å²) in [6.45, 7) is 9.55. The minimum absolute atomic E-state index is 0.226. The van der Waals surface area contributed by atoms with Crippen molar-refractivity contribution in [1.29, 1.82) is 0 Å². The molecule has 234 valence electrons. The highest BCUT2D eigenvalue weighted by Crippen LogP contribution is 2.36.